The molecule has 27 N–H and O–H groups in total. The molecular formula is C86H127N19O28. The van der Waals surface area contributed by atoms with Crippen molar-refractivity contribution in [3.8, 4) is 0 Å². The number of hydrogen-bond acceptors (Lipinski definition) is 24. The van der Waals surface area contributed by atoms with Crippen LogP contribution in [0.1, 0.15) is 189 Å². The smallest absolute Gasteiger partial charge is 0.326 e. The highest BCUT2D eigenvalue weighted by atomic mass is 16.4. The number of nitrogens with one attached hydrogen (secondary N) is 15. The topological polar surface area (TPSA) is 762 Å². The summed E-state index contributed by atoms with van der Waals surface area (Å²) in [4.78, 5) is 301. The normalized spacial score (nSPS) is 15.9. The monoisotopic (exact) mass is 1870 g/mol. The van der Waals surface area contributed by atoms with Crippen LogP contribution in [0.4, 0.5) is 0 Å². The summed E-state index contributed by atoms with van der Waals surface area (Å²) >= 11 is 0. The van der Waals surface area contributed by atoms with E-state index in [1.54, 1.807) is 89.2 Å². The van der Waals surface area contributed by atoms with Crippen molar-refractivity contribution in [3.05, 3.63) is 71.9 Å². The van der Waals surface area contributed by atoms with Gasteiger partial charge in [0.05, 0.1) is 18.9 Å². The van der Waals surface area contributed by atoms with Crippen molar-refractivity contribution in [1.29, 1.82) is 0 Å². The Labute approximate surface area is 765 Å². The molecule has 0 spiro atoms. The molecule has 1 aliphatic heterocycles. The fourth-order valence-electron chi connectivity index (χ4n) is 14.2. The second-order valence-corrected chi connectivity index (χ2v) is 33.6. The predicted molar refractivity (Wildman–Crippen MR) is 471 cm³/mol. The number of carboxylic acids is 6. The number of nitrogens with zero attached hydrogens (tertiary/aromatic N) is 1. The highest BCUT2D eigenvalue weighted by Gasteiger charge is 2.42. The van der Waals surface area contributed by atoms with E-state index < -0.39 is 309 Å². The zero-order valence-electron chi connectivity index (χ0n) is 75.6. The third-order valence-corrected chi connectivity index (χ3v) is 21.6. The number of carboxylic acid groups (broad SMARTS) is 6. The van der Waals surface area contributed by atoms with E-state index in [2.05, 4.69) is 74.1 Å². The summed E-state index contributed by atoms with van der Waals surface area (Å²) in [5, 5.41) is 92.4. The molecule has 4 rings (SSSR count). The van der Waals surface area contributed by atoms with Crippen molar-refractivity contribution >= 4 is 141 Å². The fourth-order valence-corrected chi connectivity index (χ4v) is 14.2. The van der Waals surface area contributed by atoms with Crippen molar-refractivity contribution in [1.82, 2.24) is 84.3 Å². The van der Waals surface area contributed by atoms with Crippen LogP contribution >= 0.6 is 0 Å². The first kappa shape index (κ1) is 112. The van der Waals surface area contributed by atoms with Gasteiger partial charge < -0.3 is 132 Å². The Kier molecular flexibility index (Phi) is 46.5. The van der Waals surface area contributed by atoms with Crippen LogP contribution < -0.4 is 91.6 Å². The molecular weight excluding hydrogens is 1750 g/mol. The number of aromatic nitrogens is 1. The highest BCUT2D eigenvalue weighted by molar-refractivity contribution is 6.02. The summed E-state index contributed by atoms with van der Waals surface area (Å²) in [6.07, 6.45) is -6.09. The minimum Gasteiger partial charge on any atom is -0.481 e. The number of aromatic amines is 1. The second kappa shape index (κ2) is 55.4. The second-order valence-electron chi connectivity index (χ2n) is 33.6. The van der Waals surface area contributed by atoms with Gasteiger partial charge in [0.15, 0.2) is 0 Å². The van der Waals surface area contributed by atoms with Crippen LogP contribution in [0.3, 0.4) is 0 Å². The van der Waals surface area contributed by atoms with Crippen LogP contribution in [0.25, 0.3) is 10.9 Å². The highest BCUT2D eigenvalue weighted by Crippen LogP contribution is 2.23. The van der Waals surface area contributed by atoms with E-state index in [0.29, 0.717) is 16.5 Å². The van der Waals surface area contributed by atoms with Crippen molar-refractivity contribution in [2.45, 2.75) is 287 Å². The minimum atomic E-state index is -2.01. The Hall–Kier alpha value is -13.8. The molecule has 1 fully saturated rings. The van der Waals surface area contributed by atoms with E-state index in [0.717, 1.165) is 17.4 Å². The van der Waals surface area contributed by atoms with E-state index in [1.807, 2.05) is 5.32 Å². The van der Waals surface area contributed by atoms with E-state index in [9.17, 15) is 121 Å². The summed E-state index contributed by atoms with van der Waals surface area (Å²) in [6, 6.07) is -10.6. The lowest BCUT2D eigenvalue weighted by molar-refractivity contribution is -0.147. The van der Waals surface area contributed by atoms with Gasteiger partial charge in [0, 0.05) is 55.7 Å². The Balaban J connectivity index is 1.61. The maximum Gasteiger partial charge on any atom is 0.326 e. The van der Waals surface area contributed by atoms with Crippen LogP contribution in [-0.4, -0.2) is 281 Å². The van der Waals surface area contributed by atoms with Gasteiger partial charge in [-0.3, -0.25) is 101 Å². The van der Waals surface area contributed by atoms with Gasteiger partial charge in [-0.1, -0.05) is 96.5 Å². The maximum atomic E-state index is 15.1. The summed E-state index contributed by atoms with van der Waals surface area (Å²) in [7, 11) is 0. The molecule has 734 valence electrons. The lowest BCUT2D eigenvalue weighted by atomic mass is 9.96. The van der Waals surface area contributed by atoms with Crippen LogP contribution in [0.2, 0.25) is 0 Å². The molecule has 16 amide bonds. The summed E-state index contributed by atoms with van der Waals surface area (Å²) in [5.41, 5.74) is 19.1. The summed E-state index contributed by atoms with van der Waals surface area (Å²) < 4.78 is 0. The molecule has 3 aromatic rings. The van der Waals surface area contributed by atoms with Gasteiger partial charge in [0.25, 0.3) is 0 Å². The molecule has 47 nitrogen and oxygen atoms in total. The molecule has 2 aromatic carbocycles. The van der Waals surface area contributed by atoms with Gasteiger partial charge in [-0.25, -0.2) is 4.79 Å². The molecule has 0 saturated carbocycles. The summed E-state index contributed by atoms with van der Waals surface area (Å²) in [6.45, 7) is 13.5. The zero-order valence-corrected chi connectivity index (χ0v) is 75.6. The van der Waals surface area contributed by atoms with E-state index in [1.165, 1.54) is 27.0 Å². The van der Waals surface area contributed by atoms with Gasteiger partial charge in [-0.2, -0.15) is 0 Å². The molecule has 0 bridgehead atoms. The van der Waals surface area contributed by atoms with E-state index in [-0.39, 0.29) is 76.8 Å². The third-order valence-electron chi connectivity index (χ3n) is 21.6. The maximum absolute atomic E-state index is 15.1. The first-order valence-corrected chi connectivity index (χ1v) is 43.7. The van der Waals surface area contributed by atoms with Crippen LogP contribution in [0, 0.1) is 17.8 Å². The molecule has 47 heteroatoms. The van der Waals surface area contributed by atoms with Crippen molar-refractivity contribution in [3.63, 3.8) is 0 Å². The molecule has 17 atom stereocenters. The number of carbonyl (C=O) groups is 22. The molecule has 0 aliphatic carbocycles. The number of para-hydroxylation sites is 1. The van der Waals surface area contributed by atoms with Gasteiger partial charge in [0.2, 0.25) is 94.5 Å². The first-order valence-electron chi connectivity index (χ1n) is 43.7. The number of fused-ring (bicyclic) bond motifs is 1. The number of amides is 16. The van der Waals surface area contributed by atoms with Crippen molar-refractivity contribution in [2.24, 2.45) is 35.0 Å². The number of aliphatic carboxylic acids is 6. The van der Waals surface area contributed by atoms with Gasteiger partial charge in [-0.15, -0.1) is 0 Å². The molecule has 1 aromatic heterocycles. The number of likely N-dealkylation sites (tertiary alicyclic amines) is 1. The van der Waals surface area contributed by atoms with Crippen molar-refractivity contribution < 1.29 is 136 Å². The Morgan fingerprint density at radius 2 is 0.812 bits per heavy atom. The van der Waals surface area contributed by atoms with Crippen molar-refractivity contribution in [2.75, 3.05) is 13.1 Å². The van der Waals surface area contributed by atoms with Gasteiger partial charge in [0.1, 0.15) is 90.6 Å². The number of primary amides is 1. The number of rotatable bonds is 60. The Morgan fingerprint density at radius 1 is 0.414 bits per heavy atom. The Bertz CT molecular complexity index is 4620. The van der Waals surface area contributed by atoms with Crippen LogP contribution in [0.15, 0.2) is 60.8 Å². The lowest BCUT2D eigenvalue weighted by Gasteiger charge is -2.30. The lowest BCUT2D eigenvalue weighted by Crippen LogP contribution is -2.62. The van der Waals surface area contributed by atoms with Gasteiger partial charge in [-0.05, 0) is 139 Å². The van der Waals surface area contributed by atoms with Crippen LogP contribution in [-0.2, 0) is 118 Å². The quantitative estimate of drug-likeness (QED) is 0.0242. The average Bonchev–Trinajstić information content (AvgIpc) is 1.74. The average molecular weight is 1880 g/mol. The fraction of sp³-hybridized carbons (Fsp3) is 0.581. The SMILES string of the molecule is CC[C@H](C)[C@H](NC(=O)[C@H](CC(=O)O)NC(=O)[C@H](CCC(N)=O)NC(=O)[C@H](CC(C)C)NC(=O)[C@@H](N)Cc1ccccc1)C(=O)N[C@@H](CC(C)C)C(=O)N[C@@H](Cc1c[nH]c2ccccc12)C(=O)N[C@@H](CCC(=O)O)C(=O)N[C@@H](CCC(=O)O)C(=O)N[C@@H](C)C(=O)N[C@@H](CCCCN)C(=O)N[C@@H](CCC(=O)O)C(=O)N[C@@H](C)C(=O)N1CCC[C@H]1C(=O)N[C@@H](C)C(=O)N[C@@H](CC(=O)O)C(=O)O. The standard InChI is InChI=1S/C86H127N19O28/c1-10-44(6)70(104-82(128)61(39-68(113)114)101-78(124)54(25-29-64(89)106)97-79(125)58(35-42(2)3)99-73(119)51(88)37-48-19-12-11-13-20-48)84(130)102-59(36-43(4)5)80(126)100-60(38-49-41-90-52-22-15-14-21-50(49)52)81(127)98-57(28-32-67(111)112)77(123)96-55(26-30-65(107)108)74(120)91-45(7)71(117)94-53(23-16-17-33-87)76(122)95-56(27-31-66(109)110)75(121)93-47(9)85(131)105-34-18-24-63(105)83(129)92-46(8)72(118)103-62(86(132)133)40-69(115)116/h11-15,19-22,41-47,51,53-63,70,90H,10,16-18,23-40,87-88H2,1-9H3,(H2,89,106)(H,91,120)(H,92,129)(H,93,121)(H,94,117)(H,95,122)(H,96,123)(H,97,125)(H,98,127)(H,99,119)(H,100,126)(H,101,124)(H,102,130)(H,103,118)(H,104,128)(H,107,108)(H,109,110)(H,111,112)(H,113,114)(H,115,116)(H,132,133)/t44-,45-,46-,47-,51-,53-,54-,55-,56-,57-,58-,59-,60-,61-,62-,63-,70-/m0/s1. The third kappa shape index (κ3) is 38.7. The number of hydrogen-bond donors (Lipinski definition) is 24. The number of H-pyrrole nitrogens is 1. The van der Waals surface area contributed by atoms with E-state index in [4.69, 9.17) is 22.3 Å². The van der Waals surface area contributed by atoms with Crippen LogP contribution in [0.5, 0.6) is 0 Å². The number of unbranched alkanes of at least 4 members (excludes halogenated alkanes) is 1. The first-order chi connectivity index (χ1) is 62.5. The molecule has 133 heavy (non-hydrogen) atoms. The Morgan fingerprint density at radius 3 is 1.29 bits per heavy atom. The molecule has 1 saturated heterocycles. The molecule has 1 aliphatic rings. The summed E-state index contributed by atoms with van der Waals surface area (Å²) in [5.74, 6) is -27.8. The number of nitrogens with two attached hydrogens (primary N) is 3. The predicted octanol–water partition coefficient (Wildman–Crippen LogP) is -3.72. The minimum absolute atomic E-state index is 0.0198. The molecule has 0 radical (unpaired) electrons. The zero-order chi connectivity index (χ0) is 99.8. The van der Waals surface area contributed by atoms with E-state index >= 15 is 9.59 Å². The largest absolute Gasteiger partial charge is 0.481 e. The molecule has 0 unspecified atom stereocenters. The number of carbonyl (C=O) groups excluding carboxylic acids is 16. The van der Waals surface area contributed by atoms with Gasteiger partial charge >= 0.3 is 35.8 Å². The molecule has 2 heterocycles. The number of benzene rings is 2.